The topological polar surface area (TPSA) is 76.2 Å². The van der Waals surface area contributed by atoms with Crippen LogP contribution in [0.1, 0.15) is 12.5 Å². The van der Waals surface area contributed by atoms with Crippen molar-refractivity contribution < 1.29 is 27.1 Å². The molecule has 0 bridgehead atoms. The van der Waals surface area contributed by atoms with Crippen molar-refractivity contribution >= 4 is 45.3 Å². The van der Waals surface area contributed by atoms with E-state index in [-0.39, 0.29) is 45.3 Å². The van der Waals surface area contributed by atoms with Gasteiger partial charge < -0.3 is 9.47 Å². The maximum absolute atomic E-state index is 14.7. The normalized spacial score (nSPS) is 16.1. The number of hydrogen-bond acceptors (Lipinski definition) is 5. The predicted molar refractivity (Wildman–Crippen MR) is 117 cm³/mol. The number of epoxide rings is 1. The van der Waals surface area contributed by atoms with Crippen LogP contribution in [0, 0.1) is 5.82 Å². The second-order valence-corrected chi connectivity index (χ2v) is 9.60. The Balaban J connectivity index is 2.03. The van der Waals surface area contributed by atoms with E-state index in [2.05, 4.69) is 0 Å². The highest BCUT2D eigenvalue weighted by atomic mass is 35.5. The molecule has 1 fully saturated rings. The van der Waals surface area contributed by atoms with Gasteiger partial charge in [0.15, 0.2) is 0 Å². The lowest BCUT2D eigenvalue weighted by molar-refractivity contribution is -0.137. The monoisotopic (exact) mass is 487 g/mol. The lowest BCUT2D eigenvalue weighted by Crippen LogP contribution is -2.31. The van der Waals surface area contributed by atoms with E-state index in [0.717, 1.165) is 4.31 Å². The van der Waals surface area contributed by atoms with Gasteiger partial charge in [-0.2, -0.15) is 4.31 Å². The molecule has 6 nitrogen and oxygen atoms in total. The first kappa shape index (κ1) is 23.7. The molecule has 0 saturated carbocycles. The standard InChI is InChI=1S/C21H20Cl2FNO5S/c1-3-29-19(26)8-7-13-5-4-6-18(24)20(13)14-9-16(22)21(17(23)10-14)31(27,28)25(2)11-15-12-30-15/h4-10,15H,3,11-12H2,1-2H3/b8-7+/t15-/m0/s1. The van der Waals surface area contributed by atoms with Crippen molar-refractivity contribution in [1.82, 2.24) is 4.31 Å². The van der Waals surface area contributed by atoms with Crippen LogP contribution in [0.2, 0.25) is 10.0 Å². The van der Waals surface area contributed by atoms with Crippen molar-refractivity contribution in [3.05, 3.63) is 57.8 Å². The van der Waals surface area contributed by atoms with E-state index in [1.165, 1.54) is 43.5 Å². The van der Waals surface area contributed by atoms with Gasteiger partial charge in [0.1, 0.15) is 10.7 Å². The average molecular weight is 488 g/mol. The van der Waals surface area contributed by atoms with Crippen molar-refractivity contribution in [2.45, 2.75) is 17.9 Å². The van der Waals surface area contributed by atoms with Gasteiger partial charge in [0.25, 0.3) is 0 Å². The number of halogens is 3. The van der Waals surface area contributed by atoms with Gasteiger partial charge in [-0.1, -0.05) is 35.3 Å². The minimum Gasteiger partial charge on any atom is -0.463 e. The average Bonchev–Trinajstić information content (AvgIpc) is 3.49. The molecule has 0 aliphatic carbocycles. The maximum Gasteiger partial charge on any atom is 0.330 e. The highest BCUT2D eigenvalue weighted by molar-refractivity contribution is 7.89. The van der Waals surface area contributed by atoms with Crippen LogP contribution in [0.4, 0.5) is 4.39 Å². The minimum atomic E-state index is -3.98. The zero-order valence-electron chi connectivity index (χ0n) is 16.8. The highest BCUT2D eigenvalue weighted by Gasteiger charge is 2.33. The number of carbonyl (C=O) groups excluding carboxylic acids is 1. The van der Waals surface area contributed by atoms with Crippen LogP contribution >= 0.6 is 23.2 Å². The number of rotatable bonds is 8. The first-order valence-electron chi connectivity index (χ1n) is 9.35. The number of sulfonamides is 1. The molecular weight excluding hydrogens is 468 g/mol. The smallest absolute Gasteiger partial charge is 0.330 e. The largest absolute Gasteiger partial charge is 0.463 e. The molecule has 10 heteroatoms. The molecule has 2 aromatic rings. The van der Waals surface area contributed by atoms with E-state index in [4.69, 9.17) is 32.7 Å². The highest BCUT2D eigenvalue weighted by Crippen LogP contribution is 2.38. The first-order valence-corrected chi connectivity index (χ1v) is 11.6. The van der Waals surface area contributed by atoms with Crippen LogP contribution in [-0.2, 0) is 24.3 Å². The van der Waals surface area contributed by atoms with Gasteiger partial charge in [0.2, 0.25) is 10.0 Å². The molecule has 1 saturated heterocycles. The van der Waals surface area contributed by atoms with Crippen molar-refractivity contribution in [3.8, 4) is 11.1 Å². The summed E-state index contributed by atoms with van der Waals surface area (Å²) >= 11 is 12.6. The number of hydrogen-bond donors (Lipinski definition) is 0. The van der Waals surface area contributed by atoms with E-state index >= 15 is 0 Å². The van der Waals surface area contributed by atoms with E-state index in [9.17, 15) is 17.6 Å². The maximum atomic E-state index is 14.7. The molecule has 0 aromatic heterocycles. The van der Waals surface area contributed by atoms with Crippen molar-refractivity contribution in [1.29, 1.82) is 0 Å². The third kappa shape index (κ3) is 5.45. The summed E-state index contributed by atoms with van der Waals surface area (Å²) in [6.45, 7) is 2.55. The molecule has 0 amide bonds. The fourth-order valence-electron chi connectivity index (χ4n) is 3.00. The molecule has 166 valence electrons. The molecule has 1 heterocycles. The Bertz CT molecular complexity index is 1110. The van der Waals surface area contributed by atoms with Crippen LogP contribution in [-0.4, -0.2) is 51.6 Å². The van der Waals surface area contributed by atoms with Crippen molar-refractivity contribution in [2.75, 3.05) is 26.8 Å². The molecule has 31 heavy (non-hydrogen) atoms. The third-order valence-electron chi connectivity index (χ3n) is 4.55. The summed E-state index contributed by atoms with van der Waals surface area (Å²) in [7, 11) is -2.57. The molecule has 0 N–H and O–H groups in total. The molecule has 1 aliphatic heterocycles. The number of esters is 1. The zero-order chi connectivity index (χ0) is 22.8. The lowest BCUT2D eigenvalue weighted by Gasteiger charge is -2.19. The summed E-state index contributed by atoms with van der Waals surface area (Å²) in [5, 5.41) is -0.288. The second kappa shape index (κ2) is 9.67. The van der Waals surface area contributed by atoms with Crippen molar-refractivity contribution in [3.63, 3.8) is 0 Å². The molecule has 0 radical (unpaired) electrons. The number of benzene rings is 2. The summed E-state index contributed by atoms with van der Waals surface area (Å²) in [6.07, 6.45) is 2.44. The molecule has 1 aliphatic rings. The number of carbonyl (C=O) groups is 1. The van der Waals surface area contributed by atoms with E-state index in [0.29, 0.717) is 12.2 Å². The Kier molecular flexibility index (Phi) is 7.39. The zero-order valence-corrected chi connectivity index (χ0v) is 19.1. The van der Waals surface area contributed by atoms with Gasteiger partial charge >= 0.3 is 5.97 Å². The quantitative estimate of drug-likeness (QED) is 0.313. The molecule has 2 aromatic carbocycles. The van der Waals surface area contributed by atoms with Crippen molar-refractivity contribution in [2.24, 2.45) is 0 Å². The predicted octanol–water partition coefficient (Wildman–Crippen LogP) is 4.40. The Morgan fingerprint density at radius 3 is 2.55 bits per heavy atom. The van der Waals surface area contributed by atoms with Crippen LogP contribution in [0.15, 0.2) is 41.3 Å². The lowest BCUT2D eigenvalue weighted by atomic mass is 9.98. The number of likely N-dealkylation sites (N-methyl/N-ethyl adjacent to an activating group) is 1. The van der Waals surface area contributed by atoms with Gasteiger partial charge in [-0.05, 0) is 42.3 Å². The fourth-order valence-corrected chi connectivity index (χ4v) is 5.35. The van der Waals surface area contributed by atoms with E-state index in [1.54, 1.807) is 13.0 Å². The molecule has 0 unspecified atom stereocenters. The Hall–Kier alpha value is -1.97. The Morgan fingerprint density at radius 1 is 1.32 bits per heavy atom. The summed E-state index contributed by atoms with van der Waals surface area (Å²) in [6, 6.07) is 7.00. The fraction of sp³-hybridized carbons (Fsp3) is 0.286. The molecule has 1 atom stereocenters. The van der Waals surface area contributed by atoms with Gasteiger partial charge in [0.05, 0.1) is 29.4 Å². The Morgan fingerprint density at radius 2 is 1.97 bits per heavy atom. The Labute approximate surface area is 190 Å². The summed E-state index contributed by atoms with van der Waals surface area (Å²) in [5.41, 5.74) is 0.762. The van der Waals surface area contributed by atoms with Crippen LogP contribution in [0.5, 0.6) is 0 Å². The van der Waals surface area contributed by atoms with Gasteiger partial charge in [0, 0.05) is 25.2 Å². The van der Waals surface area contributed by atoms with Crippen LogP contribution in [0.3, 0.4) is 0 Å². The second-order valence-electron chi connectivity index (χ2n) is 6.80. The summed E-state index contributed by atoms with van der Waals surface area (Å²) in [4.78, 5) is 11.4. The first-order chi connectivity index (χ1) is 14.6. The summed E-state index contributed by atoms with van der Waals surface area (Å²) in [5.74, 6) is -1.16. The van der Waals surface area contributed by atoms with Crippen LogP contribution < -0.4 is 0 Å². The number of nitrogens with zero attached hydrogens (tertiary/aromatic N) is 1. The molecular formula is C21H20Cl2FNO5S. The van der Waals surface area contributed by atoms with Gasteiger partial charge in [-0.15, -0.1) is 0 Å². The van der Waals surface area contributed by atoms with Gasteiger partial charge in [-0.3, -0.25) is 0 Å². The van der Waals surface area contributed by atoms with Gasteiger partial charge in [-0.25, -0.2) is 17.6 Å². The molecule has 3 rings (SSSR count). The van der Waals surface area contributed by atoms with Crippen LogP contribution in [0.25, 0.3) is 17.2 Å². The minimum absolute atomic E-state index is 0.121. The SMILES string of the molecule is CCOC(=O)/C=C/c1cccc(F)c1-c1cc(Cl)c(S(=O)(=O)N(C)C[C@H]2CO2)c(Cl)c1. The third-order valence-corrected chi connectivity index (χ3v) is 7.30. The number of ether oxygens (including phenoxy) is 2. The van der Waals surface area contributed by atoms with E-state index in [1.807, 2.05) is 0 Å². The molecule has 0 spiro atoms. The summed E-state index contributed by atoms with van der Waals surface area (Å²) < 4.78 is 51.6. The van der Waals surface area contributed by atoms with E-state index < -0.39 is 21.8 Å².